The molecule has 1 fully saturated rings. The maximum absolute atomic E-state index is 13.2. The molecule has 1 nitrogen and oxygen atoms in total. The van der Waals surface area contributed by atoms with Crippen LogP contribution in [-0.4, -0.2) is 6.17 Å². The summed E-state index contributed by atoms with van der Waals surface area (Å²) in [6, 6.07) is 2.11. The van der Waals surface area contributed by atoms with Gasteiger partial charge in [-0.2, -0.15) is 5.26 Å². The van der Waals surface area contributed by atoms with Gasteiger partial charge < -0.3 is 0 Å². The number of alkyl halides is 1. The van der Waals surface area contributed by atoms with Crippen molar-refractivity contribution in [1.82, 2.24) is 0 Å². The van der Waals surface area contributed by atoms with E-state index in [1.165, 1.54) is 19.3 Å². The maximum atomic E-state index is 13.2. The van der Waals surface area contributed by atoms with Gasteiger partial charge in [0.2, 0.25) is 0 Å². The fraction of sp³-hybridized carbons (Fsp3) is 0.909. The van der Waals surface area contributed by atoms with Crippen LogP contribution in [-0.2, 0) is 0 Å². The monoisotopic (exact) mass is 183 g/mol. The number of hydrogen-bond donors (Lipinski definition) is 0. The maximum Gasteiger partial charge on any atom is 0.101 e. The lowest BCUT2D eigenvalue weighted by atomic mass is 9.77. The summed E-state index contributed by atoms with van der Waals surface area (Å²) in [5.74, 6) is 0.457. The summed E-state index contributed by atoms with van der Waals surface area (Å²) >= 11 is 0. The van der Waals surface area contributed by atoms with Gasteiger partial charge in [0.1, 0.15) is 6.17 Å². The number of rotatable bonds is 3. The van der Waals surface area contributed by atoms with Crippen LogP contribution in [0.4, 0.5) is 4.39 Å². The van der Waals surface area contributed by atoms with Gasteiger partial charge in [-0.1, -0.05) is 32.1 Å². The SMILES string of the molecule is CC(F)C(CC#N)C1CCCCC1. The molecule has 0 bridgehead atoms. The zero-order valence-electron chi connectivity index (χ0n) is 8.30. The molecule has 0 aliphatic heterocycles. The minimum Gasteiger partial charge on any atom is -0.247 e. The quantitative estimate of drug-likeness (QED) is 0.657. The molecule has 2 heteroatoms. The summed E-state index contributed by atoms with van der Waals surface area (Å²) in [7, 11) is 0. The number of nitrogens with zero attached hydrogens (tertiary/aromatic N) is 1. The van der Waals surface area contributed by atoms with E-state index < -0.39 is 6.17 Å². The molecule has 0 saturated heterocycles. The topological polar surface area (TPSA) is 23.8 Å². The normalized spacial score (nSPS) is 23.5. The van der Waals surface area contributed by atoms with Crippen LogP contribution in [0.25, 0.3) is 0 Å². The Balaban J connectivity index is 2.47. The molecule has 0 amide bonds. The van der Waals surface area contributed by atoms with E-state index in [1.54, 1.807) is 6.92 Å². The van der Waals surface area contributed by atoms with Gasteiger partial charge in [-0.25, -0.2) is 4.39 Å². The first-order chi connectivity index (χ1) is 6.25. The van der Waals surface area contributed by atoms with Crippen molar-refractivity contribution < 1.29 is 4.39 Å². The molecule has 0 heterocycles. The van der Waals surface area contributed by atoms with E-state index in [0.29, 0.717) is 12.3 Å². The molecule has 0 radical (unpaired) electrons. The zero-order chi connectivity index (χ0) is 9.68. The number of hydrogen-bond acceptors (Lipinski definition) is 1. The Bertz CT molecular complexity index is 177. The summed E-state index contributed by atoms with van der Waals surface area (Å²) in [6.45, 7) is 1.59. The Morgan fingerprint density at radius 3 is 2.46 bits per heavy atom. The molecule has 0 spiro atoms. The molecule has 1 aliphatic carbocycles. The second-order valence-corrected chi connectivity index (χ2v) is 4.10. The van der Waals surface area contributed by atoms with Gasteiger partial charge in [0.15, 0.2) is 0 Å². The van der Waals surface area contributed by atoms with Gasteiger partial charge in [-0.3, -0.25) is 0 Å². The molecule has 74 valence electrons. The summed E-state index contributed by atoms with van der Waals surface area (Å²) in [6.07, 6.45) is 5.56. The Morgan fingerprint density at radius 2 is 2.00 bits per heavy atom. The smallest absolute Gasteiger partial charge is 0.101 e. The summed E-state index contributed by atoms with van der Waals surface area (Å²) in [5.41, 5.74) is 0. The van der Waals surface area contributed by atoms with Crippen LogP contribution in [0.3, 0.4) is 0 Å². The third-order valence-corrected chi connectivity index (χ3v) is 3.17. The summed E-state index contributed by atoms with van der Waals surface area (Å²) < 4.78 is 13.2. The van der Waals surface area contributed by atoms with Crippen molar-refractivity contribution in [1.29, 1.82) is 5.26 Å². The lowest BCUT2D eigenvalue weighted by Crippen LogP contribution is -2.24. The van der Waals surface area contributed by atoms with Gasteiger partial charge >= 0.3 is 0 Å². The molecular formula is C11H18FN. The van der Waals surface area contributed by atoms with Gasteiger partial charge in [0.25, 0.3) is 0 Å². The van der Waals surface area contributed by atoms with E-state index in [2.05, 4.69) is 6.07 Å². The Kier molecular flexibility index (Phi) is 4.21. The first-order valence-corrected chi connectivity index (χ1v) is 5.26. The van der Waals surface area contributed by atoms with Crippen molar-refractivity contribution in [3.05, 3.63) is 0 Å². The third kappa shape index (κ3) is 2.99. The molecule has 0 N–H and O–H groups in total. The second kappa shape index (κ2) is 5.21. The van der Waals surface area contributed by atoms with Crippen LogP contribution < -0.4 is 0 Å². The van der Waals surface area contributed by atoms with E-state index in [0.717, 1.165) is 12.8 Å². The Labute approximate surface area is 79.9 Å². The van der Waals surface area contributed by atoms with Crippen LogP contribution in [0.15, 0.2) is 0 Å². The standard InChI is InChI=1S/C11H18FN/c1-9(12)11(7-8-13)10-5-3-2-4-6-10/h9-11H,2-7H2,1H3. The van der Waals surface area contributed by atoms with Gasteiger partial charge in [0, 0.05) is 12.3 Å². The molecule has 0 aromatic carbocycles. The van der Waals surface area contributed by atoms with E-state index >= 15 is 0 Å². The van der Waals surface area contributed by atoms with Crippen LogP contribution in [0.1, 0.15) is 45.4 Å². The predicted octanol–water partition coefficient (Wildman–Crippen LogP) is 3.45. The van der Waals surface area contributed by atoms with Gasteiger partial charge in [-0.05, 0) is 12.8 Å². The fourth-order valence-electron chi connectivity index (χ4n) is 2.37. The second-order valence-electron chi connectivity index (χ2n) is 4.10. The van der Waals surface area contributed by atoms with Crippen LogP contribution >= 0.6 is 0 Å². The highest BCUT2D eigenvalue weighted by Crippen LogP contribution is 2.34. The van der Waals surface area contributed by atoms with Crippen molar-refractivity contribution in [3.63, 3.8) is 0 Å². The van der Waals surface area contributed by atoms with Crippen LogP contribution in [0, 0.1) is 23.2 Å². The molecule has 0 aromatic rings. The Morgan fingerprint density at radius 1 is 1.38 bits per heavy atom. The molecule has 0 aromatic heterocycles. The average Bonchev–Trinajstić information content (AvgIpc) is 2.15. The minimum absolute atomic E-state index is 0.00898. The van der Waals surface area contributed by atoms with Crippen molar-refractivity contribution in [2.45, 2.75) is 51.6 Å². The summed E-state index contributed by atoms with van der Waals surface area (Å²) in [4.78, 5) is 0. The molecule has 1 rings (SSSR count). The highest BCUT2D eigenvalue weighted by atomic mass is 19.1. The summed E-state index contributed by atoms with van der Waals surface area (Å²) in [5, 5.41) is 8.60. The first-order valence-electron chi connectivity index (χ1n) is 5.26. The van der Waals surface area contributed by atoms with Gasteiger partial charge in [-0.15, -0.1) is 0 Å². The zero-order valence-corrected chi connectivity index (χ0v) is 8.30. The number of halogens is 1. The van der Waals surface area contributed by atoms with Crippen LogP contribution in [0.2, 0.25) is 0 Å². The van der Waals surface area contributed by atoms with E-state index in [4.69, 9.17) is 5.26 Å². The van der Waals surface area contributed by atoms with E-state index in [-0.39, 0.29) is 5.92 Å². The lowest BCUT2D eigenvalue weighted by Gasteiger charge is -2.29. The first kappa shape index (κ1) is 10.5. The molecule has 2 atom stereocenters. The predicted molar refractivity (Wildman–Crippen MR) is 50.9 cm³/mol. The van der Waals surface area contributed by atoms with Crippen molar-refractivity contribution in [2.24, 2.45) is 11.8 Å². The molecular weight excluding hydrogens is 165 g/mol. The molecule has 1 saturated carbocycles. The Hall–Kier alpha value is -0.580. The average molecular weight is 183 g/mol. The van der Waals surface area contributed by atoms with E-state index in [1.807, 2.05) is 0 Å². The van der Waals surface area contributed by atoms with E-state index in [9.17, 15) is 4.39 Å². The van der Waals surface area contributed by atoms with Gasteiger partial charge in [0.05, 0.1) is 6.07 Å². The largest absolute Gasteiger partial charge is 0.247 e. The number of nitriles is 1. The molecule has 2 unspecified atom stereocenters. The fourth-order valence-corrected chi connectivity index (χ4v) is 2.37. The molecule has 13 heavy (non-hydrogen) atoms. The van der Waals surface area contributed by atoms with Crippen molar-refractivity contribution in [2.75, 3.05) is 0 Å². The molecule has 1 aliphatic rings. The van der Waals surface area contributed by atoms with Crippen molar-refractivity contribution >= 4 is 0 Å². The lowest BCUT2D eigenvalue weighted by molar-refractivity contribution is 0.149. The highest BCUT2D eigenvalue weighted by Gasteiger charge is 2.27. The van der Waals surface area contributed by atoms with Crippen LogP contribution in [0.5, 0.6) is 0 Å². The third-order valence-electron chi connectivity index (χ3n) is 3.17. The van der Waals surface area contributed by atoms with Crippen molar-refractivity contribution in [3.8, 4) is 6.07 Å². The highest BCUT2D eigenvalue weighted by molar-refractivity contribution is 4.85. The minimum atomic E-state index is -0.817.